The third-order valence-electron chi connectivity index (χ3n) is 7.77. The number of nitrogens with two attached hydrogens (primary N) is 1. The van der Waals surface area contributed by atoms with E-state index < -0.39 is 23.9 Å². The van der Waals surface area contributed by atoms with Crippen molar-refractivity contribution in [2.24, 2.45) is 5.73 Å². The molecule has 1 unspecified atom stereocenters. The van der Waals surface area contributed by atoms with Gasteiger partial charge in [0.1, 0.15) is 6.61 Å². The molecular weight excluding hydrogens is 630 g/mol. The molecule has 8 nitrogen and oxygen atoms in total. The maximum atomic E-state index is 15.8. The average molecular weight is 668 g/mol. The summed E-state index contributed by atoms with van der Waals surface area (Å²) in [5.41, 5.74) is 8.22. The van der Waals surface area contributed by atoms with Crippen molar-refractivity contribution < 1.29 is 41.7 Å². The molecule has 3 aromatic rings. The van der Waals surface area contributed by atoms with Crippen LogP contribution in [0.25, 0.3) is 11.1 Å². The van der Waals surface area contributed by atoms with E-state index in [4.69, 9.17) is 36.7 Å². The monoisotopic (exact) mass is 667 g/mol. The SMILES string of the molecule is CNC1CCC(NCC(c2ccccc2)c2ccc(Cl)c(-c3c(C(N)=O)ccc(OCCOC)c3F)c2)CC1.O=C(O)C(F)(F)F. The molecule has 4 rings (SSSR count). The van der Waals surface area contributed by atoms with Crippen LogP contribution >= 0.6 is 11.6 Å². The topological polar surface area (TPSA) is 123 Å². The number of hydrogen-bond donors (Lipinski definition) is 4. The summed E-state index contributed by atoms with van der Waals surface area (Å²) in [6.45, 7) is 1.17. The van der Waals surface area contributed by atoms with Gasteiger partial charge in [-0.1, -0.05) is 48.0 Å². The van der Waals surface area contributed by atoms with Crippen molar-refractivity contribution in [1.82, 2.24) is 10.6 Å². The lowest BCUT2D eigenvalue weighted by molar-refractivity contribution is -0.192. The first-order valence-corrected chi connectivity index (χ1v) is 15.0. The van der Waals surface area contributed by atoms with Crippen LogP contribution < -0.4 is 21.1 Å². The van der Waals surface area contributed by atoms with Gasteiger partial charge in [-0.15, -0.1) is 0 Å². The number of methoxy groups -OCH3 is 1. The number of hydrogen-bond acceptors (Lipinski definition) is 6. The van der Waals surface area contributed by atoms with Gasteiger partial charge in [0.15, 0.2) is 11.6 Å². The standard InChI is InChI=1S/C31H37ClFN3O3.C2HF3O2/c1-35-22-9-11-23(12-10-22)36-19-26(20-6-4-3-5-7-20)21-8-14-27(32)25(18-21)29-24(31(34)37)13-15-28(30(29)33)39-17-16-38-2;3-2(4,5)1(6)7/h3-8,13-15,18,22-23,26,35-36H,9-12,16-17,19H2,1-2H3,(H2,34,37);(H,6,7). The molecule has 250 valence electrons. The summed E-state index contributed by atoms with van der Waals surface area (Å²) in [7, 11) is 3.56. The Morgan fingerprint density at radius 2 is 1.63 bits per heavy atom. The number of carboxylic acids is 1. The Hall–Kier alpha value is -3.71. The molecule has 3 aromatic carbocycles. The van der Waals surface area contributed by atoms with Crippen molar-refractivity contribution in [2.75, 3.05) is 33.9 Å². The minimum absolute atomic E-state index is 0.00645. The van der Waals surface area contributed by atoms with E-state index in [-0.39, 0.29) is 29.4 Å². The highest BCUT2D eigenvalue weighted by Gasteiger charge is 2.38. The van der Waals surface area contributed by atoms with Gasteiger partial charge in [0.2, 0.25) is 5.91 Å². The molecule has 1 aliphatic rings. The molecule has 1 amide bonds. The molecule has 0 heterocycles. The Balaban J connectivity index is 0.000000738. The molecule has 1 saturated carbocycles. The van der Waals surface area contributed by atoms with Gasteiger partial charge in [-0.2, -0.15) is 13.2 Å². The van der Waals surface area contributed by atoms with Gasteiger partial charge in [0, 0.05) is 47.8 Å². The smallest absolute Gasteiger partial charge is 0.488 e. The van der Waals surface area contributed by atoms with Crippen LogP contribution in [0.1, 0.15) is 53.1 Å². The van der Waals surface area contributed by atoms with Crippen molar-refractivity contribution >= 4 is 23.5 Å². The highest BCUT2D eigenvalue weighted by molar-refractivity contribution is 6.33. The number of alkyl halides is 3. The zero-order chi connectivity index (χ0) is 33.9. The Bertz CT molecular complexity index is 1450. The second-order valence-corrected chi connectivity index (χ2v) is 11.2. The molecule has 0 radical (unpaired) electrons. The number of primary amides is 1. The number of amides is 1. The number of ether oxygens (including phenoxy) is 2. The van der Waals surface area contributed by atoms with Crippen LogP contribution in [0.4, 0.5) is 17.6 Å². The van der Waals surface area contributed by atoms with E-state index in [1.165, 1.54) is 19.2 Å². The zero-order valence-corrected chi connectivity index (χ0v) is 26.3. The van der Waals surface area contributed by atoms with Crippen molar-refractivity contribution in [3.05, 3.63) is 88.2 Å². The molecule has 0 aliphatic heterocycles. The summed E-state index contributed by atoms with van der Waals surface area (Å²) in [6, 6.07) is 19.7. The Labute approximate surface area is 270 Å². The molecule has 0 saturated heterocycles. The van der Waals surface area contributed by atoms with E-state index in [0.717, 1.165) is 36.8 Å². The number of rotatable bonds is 12. The van der Waals surface area contributed by atoms with E-state index in [1.54, 1.807) is 6.07 Å². The summed E-state index contributed by atoms with van der Waals surface area (Å²) in [4.78, 5) is 21.2. The molecule has 0 spiro atoms. The second-order valence-electron chi connectivity index (χ2n) is 10.8. The van der Waals surface area contributed by atoms with Crippen LogP contribution in [-0.2, 0) is 9.53 Å². The van der Waals surface area contributed by atoms with Crippen molar-refractivity contribution in [3.8, 4) is 16.9 Å². The van der Waals surface area contributed by atoms with Crippen LogP contribution in [0.3, 0.4) is 0 Å². The van der Waals surface area contributed by atoms with E-state index in [1.807, 2.05) is 37.4 Å². The summed E-state index contributed by atoms with van der Waals surface area (Å²) >= 11 is 6.63. The summed E-state index contributed by atoms with van der Waals surface area (Å²) < 4.78 is 58.2. The maximum absolute atomic E-state index is 15.8. The summed E-state index contributed by atoms with van der Waals surface area (Å²) in [5, 5.41) is 14.6. The number of carbonyl (C=O) groups excluding carboxylic acids is 1. The van der Waals surface area contributed by atoms with Crippen LogP contribution in [-0.4, -0.2) is 69.2 Å². The maximum Gasteiger partial charge on any atom is 0.490 e. The third-order valence-corrected chi connectivity index (χ3v) is 8.10. The fourth-order valence-corrected chi connectivity index (χ4v) is 5.52. The van der Waals surface area contributed by atoms with Crippen molar-refractivity contribution in [3.63, 3.8) is 0 Å². The molecule has 0 bridgehead atoms. The number of aliphatic carboxylic acids is 1. The van der Waals surface area contributed by atoms with Crippen LogP contribution in [0.5, 0.6) is 5.75 Å². The minimum atomic E-state index is -5.08. The first-order chi connectivity index (χ1) is 21.9. The largest absolute Gasteiger partial charge is 0.490 e. The Morgan fingerprint density at radius 3 is 2.20 bits per heavy atom. The van der Waals surface area contributed by atoms with E-state index in [2.05, 4.69) is 22.8 Å². The number of benzene rings is 3. The number of halogens is 5. The normalized spacial score (nSPS) is 17.0. The summed E-state index contributed by atoms with van der Waals surface area (Å²) in [6.07, 6.45) is -0.565. The fourth-order valence-electron chi connectivity index (χ4n) is 5.31. The van der Waals surface area contributed by atoms with Gasteiger partial charge in [0.25, 0.3) is 0 Å². The predicted molar refractivity (Wildman–Crippen MR) is 168 cm³/mol. The average Bonchev–Trinajstić information content (AvgIpc) is 3.03. The summed E-state index contributed by atoms with van der Waals surface area (Å²) in [5.74, 6) is -4.19. The van der Waals surface area contributed by atoms with Crippen molar-refractivity contribution in [2.45, 2.75) is 49.9 Å². The number of carbonyl (C=O) groups is 2. The lowest BCUT2D eigenvalue weighted by Gasteiger charge is -2.30. The second kappa shape index (κ2) is 17.3. The van der Waals surface area contributed by atoms with Crippen LogP contribution in [0, 0.1) is 5.82 Å². The molecule has 1 fully saturated rings. The third kappa shape index (κ3) is 10.1. The quantitative estimate of drug-likeness (QED) is 0.135. The van der Waals surface area contributed by atoms with Gasteiger partial charge in [-0.05, 0) is 68.1 Å². The lowest BCUT2D eigenvalue weighted by Crippen LogP contribution is -2.40. The first-order valence-electron chi connectivity index (χ1n) is 14.7. The first kappa shape index (κ1) is 36.8. The lowest BCUT2D eigenvalue weighted by atomic mass is 9.87. The van der Waals surface area contributed by atoms with Crippen molar-refractivity contribution in [1.29, 1.82) is 0 Å². The molecule has 46 heavy (non-hydrogen) atoms. The Morgan fingerprint density at radius 1 is 1.00 bits per heavy atom. The Kier molecular flexibility index (Phi) is 13.8. The molecule has 13 heteroatoms. The van der Waals surface area contributed by atoms with Crippen LogP contribution in [0.15, 0.2) is 60.7 Å². The molecule has 5 N–H and O–H groups in total. The van der Waals surface area contributed by atoms with E-state index in [9.17, 15) is 18.0 Å². The van der Waals surface area contributed by atoms with Gasteiger partial charge in [-0.25, -0.2) is 9.18 Å². The predicted octanol–water partition coefficient (Wildman–Crippen LogP) is 6.16. The highest BCUT2D eigenvalue weighted by atomic mass is 35.5. The molecule has 1 aliphatic carbocycles. The van der Waals surface area contributed by atoms with Gasteiger partial charge >= 0.3 is 12.1 Å². The molecule has 0 aromatic heterocycles. The van der Waals surface area contributed by atoms with E-state index in [0.29, 0.717) is 35.8 Å². The molecular formula is C33H38ClF4N3O5. The zero-order valence-electron chi connectivity index (χ0n) is 25.5. The van der Waals surface area contributed by atoms with Gasteiger partial charge < -0.3 is 30.9 Å². The van der Waals surface area contributed by atoms with Crippen LogP contribution in [0.2, 0.25) is 5.02 Å². The minimum Gasteiger partial charge on any atom is -0.488 e. The number of carboxylic acid groups (broad SMARTS) is 1. The highest BCUT2D eigenvalue weighted by Crippen LogP contribution is 2.39. The molecule has 1 atom stereocenters. The van der Waals surface area contributed by atoms with Gasteiger partial charge in [-0.3, -0.25) is 4.79 Å². The van der Waals surface area contributed by atoms with E-state index >= 15 is 4.39 Å². The van der Waals surface area contributed by atoms with Gasteiger partial charge in [0.05, 0.1) is 12.2 Å². The fraction of sp³-hybridized carbons (Fsp3) is 0.394. The number of nitrogens with one attached hydrogen (secondary N) is 2.